The molecule has 0 saturated carbocycles. The van der Waals surface area contributed by atoms with Crippen molar-refractivity contribution in [3.05, 3.63) is 29.3 Å². The summed E-state index contributed by atoms with van der Waals surface area (Å²) in [4.78, 5) is 4.81. The van der Waals surface area contributed by atoms with Crippen LogP contribution in [0.15, 0.2) is 23.4 Å². The second-order valence-corrected chi connectivity index (χ2v) is 3.32. The molecule has 0 N–H and O–H groups in total. The van der Waals surface area contributed by atoms with Gasteiger partial charge in [-0.15, -0.1) is 0 Å². The predicted octanol–water partition coefficient (Wildman–Crippen LogP) is 0.242. The van der Waals surface area contributed by atoms with E-state index in [-0.39, 0.29) is 0 Å². The zero-order valence-electron chi connectivity index (χ0n) is 8.00. The van der Waals surface area contributed by atoms with E-state index in [2.05, 4.69) is 31.2 Å². The van der Waals surface area contributed by atoms with Gasteiger partial charge in [0.05, 0.1) is 5.71 Å². The van der Waals surface area contributed by atoms with E-state index in [0.29, 0.717) is 0 Å². The van der Waals surface area contributed by atoms with Crippen molar-refractivity contribution >= 4 is 19.0 Å². The first-order chi connectivity index (χ1) is 6.33. The summed E-state index contributed by atoms with van der Waals surface area (Å²) in [6.45, 7) is 0. The minimum absolute atomic E-state index is 1.01. The first kappa shape index (κ1) is 8.36. The van der Waals surface area contributed by atoms with Gasteiger partial charge in [-0.25, -0.2) is 0 Å². The number of rotatable bonds is 1. The average molecular weight is 173 g/mol. The molecular formula is C10H12BNO. The molecule has 0 radical (unpaired) electrons. The molecule has 0 atom stereocenters. The fourth-order valence-corrected chi connectivity index (χ4v) is 1.89. The van der Waals surface area contributed by atoms with E-state index in [1.165, 1.54) is 16.6 Å². The Labute approximate surface area is 79.0 Å². The van der Waals surface area contributed by atoms with Gasteiger partial charge in [0.2, 0.25) is 0 Å². The van der Waals surface area contributed by atoms with Crippen molar-refractivity contribution in [2.45, 2.75) is 12.8 Å². The third-order valence-electron chi connectivity index (χ3n) is 2.53. The average Bonchev–Trinajstić information content (AvgIpc) is 2.51. The monoisotopic (exact) mass is 173 g/mol. The van der Waals surface area contributed by atoms with Gasteiger partial charge in [0.1, 0.15) is 15.0 Å². The van der Waals surface area contributed by atoms with Gasteiger partial charge in [-0.05, 0) is 18.4 Å². The molecule has 0 saturated heterocycles. The number of fused-ring (bicyclic) bond motifs is 1. The SMILES string of the molecule is Bc1cccc2c1CC/C2=N\OC. The summed E-state index contributed by atoms with van der Waals surface area (Å²) in [5, 5.41) is 4.02. The van der Waals surface area contributed by atoms with Gasteiger partial charge < -0.3 is 4.84 Å². The van der Waals surface area contributed by atoms with Crippen LogP contribution in [0.5, 0.6) is 0 Å². The fourth-order valence-electron chi connectivity index (χ4n) is 1.89. The van der Waals surface area contributed by atoms with Crippen molar-refractivity contribution in [3.63, 3.8) is 0 Å². The first-order valence-corrected chi connectivity index (χ1v) is 4.52. The molecule has 2 rings (SSSR count). The lowest BCUT2D eigenvalue weighted by molar-refractivity contribution is 0.213. The van der Waals surface area contributed by atoms with E-state index in [9.17, 15) is 0 Å². The maximum absolute atomic E-state index is 4.81. The Morgan fingerprint density at radius 1 is 1.38 bits per heavy atom. The topological polar surface area (TPSA) is 21.6 Å². The molecule has 1 aromatic carbocycles. The van der Waals surface area contributed by atoms with Crippen LogP contribution in [0, 0.1) is 0 Å². The molecule has 1 aromatic rings. The Bertz CT molecular complexity index is 360. The van der Waals surface area contributed by atoms with Crippen LogP contribution in [0.2, 0.25) is 0 Å². The minimum atomic E-state index is 1.01. The van der Waals surface area contributed by atoms with Crippen molar-refractivity contribution in [2.75, 3.05) is 7.11 Å². The molecule has 0 heterocycles. The highest BCUT2D eigenvalue weighted by atomic mass is 16.6. The van der Waals surface area contributed by atoms with Gasteiger partial charge in [-0.1, -0.05) is 28.8 Å². The van der Waals surface area contributed by atoms with E-state index in [1.807, 2.05) is 0 Å². The zero-order valence-corrected chi connectivity index (χ0v) is 8.00. The summed E-state index contributed by atoms with van der Waals surface area (Å²) >= 11 is 0. The van der Waals surface area contributed by atoms with Crippen molar-refractivity contribution in [1.82, 2.24) is 0 Å². The van der Waals surface area contributed by atoms with E-state index < -0.39 is 0 Å². The zero-order chi connectivity index (χ0) is 9.26. The lowest BCUT2D eigenvalue weighted by Gasteiger charge is -2.02. The van der Waals surface area contributed by atoms with Gasteiger partial charge >= 0.3 is 0 Å². The highest BCUT2D eigenvalue weighted by Crippen LogP contribution is 2.20. The van der Waals surface area contributed by atoms with Gasteiger partial charge in [-0.2, -0.15) is 0 Å². The highest BCUT2D eigenvalue weighted by molar-refractivity contribution is 6.34. The van der Waals surface area contributed by atoms with Crippen LogP contribution in [-0.4, -0.2) is 20.7 Å². The molecule has 0 fully saturated rings. The number of hydrogen-bond acceptors (Lipinski definition) is 2. The van der Waals surface area contributed by atoms with Crippen LogP contribution in [0.1, 0.15) is 17.5 Å². The summed E-state index contributed by atoms with van der Waals surface area (Å²) in [5.41, 5.74) is 5.14. The number of nitrogens with zero attached hydrogens (tertiary/aromatic N) is 1. The van der Waals surface area contributed by atoms with Crippen LogP contribution < -0.4 is 5.46 Å². The normalized spacial score (nSPS) is 17.5. The van der Waals surface area contributed by atoms with E-state index >= 15 is 0 Å². The van der Waals surface area contributed by atoms with Crippen molar-refractivity contribution in [1.29, 1.82) is 0 Å². The molecule has 0 amide bonds. The molecular weight excluding hydrogens is 161 g/mol. The van der Waals surface area contributed by atoms with Gasteiger partial charge in [0.25, 0.3) is 0 Å². The second-order valence-electron chi connectivity index (χ2n) is 3.32. The summed E-state index contributed by atoms with van der Waals surface area (Å²) < 4.78 is 0. The fraction of sp³-hybridized carbons (Fsp3) is 0.300. The molecule has 13 heavy (non-hydrogen) atoms. The smallest absolute Gasteiger partial charge is 0.139 e. The van der Waals surface area contributed by atoms with E-state index in [0.717, 1.165) is 18.6 Å². The Hall–Kier alpha value is -1.25. The molecule has 66 valence electrons. The summed E-state index contributed by atoms with van der Waals surface area (Å²) in [5.74, 6) is 0. The molecule has 0 unspecified atom stereocenters. The van der Waals surface area contributed by atoms with Gasteiger partial charge in [0, 0.05) is 5.56 Å². The van der Waals surface area contributed by atoms with Crippen LogP contribution in [0.3, 0.4) is 0 Å². The van der Waals surface area contributed by atoms with Crippen LogP contribution in [-0.2, 0) is 11.3 Å². The molecule has 0 bridgehead atoms. The Balaban J connectivity index is 2.49. The molecule has 2 nitrogen and oxygen atoms in total. The molecule has 0 spiro atoms. The number of oxime groups is 1. The minimum Gasteiger partial charge on any atom is -0.399 e. The second kappa shape index (κ2) is 3.25. The summed E-state index contributed by atoms with van der Waals surface area (Å²) in [6, 6.07) is 6.34. The molecule has 3 heteroatoms. The molecule has 0 aromatic heterocycles. The van der Waals surface area contributed by atoms with Crippen molar-refractivity contribution in [3.8, 4) is 0 Å². The molecule has 1 aliphatic carbocycles. The van der Waals surface area contributed by atoms with Gasteiger partial charge in [-0.3, -0.25) is 0 Å². The van der Waals surface area contributed by atoms with E-state index in [4.69, 9.17) is 4.84 Å². The Morgan fingerprint density at radius 2 is 2.23 bits per heavy atom. The number of hydrogen-bond donors (Lipinski definition) is 0. The number of benzene rings is 1. The largest absolute Gasteiger partial charge is 0.399 e. The van der Waals surface area contributed by atoms with Crippen LogP contribution in [0.4, 0.5) is 0 Å². The van der Waals surface area contributed by atoms with Crippen LogP contribution >= 0.6 is 0 Å². The quantitative estimate of drug-likeness (QED) is 0.440. The Kier molecular flexibility index (Phi) is 2.09. The third-order valence-corrected chi connectivity index (χ3v) is 2.53. The maximum Gasteiger partial charge on any atom is 0.139 e. The predicted molar refractivity (Wildman–Crippen MR) is 56.5 cm³/mol. The lowest BCUT2D eigenvalue weighted by atomic mass is 9.89. The first-order valence-electron chi connectivity index (χ1n) is 4.52. The van der Waals surface area contributed by atoms with Crippen molar-refractivity contribution < 1.29 is 4.84 Å². The molecule has 1 aliphatic rings. The maximum atomic E-state index is 4.81. The van der Waals surface area contributed by atoms with Crippen molar-refractivity contribution in [2.24, 2.45) is 5.16 Å². The van der Waals surface area contributed by atoms with Gasteiger partial charge in [0.15, 0.2) is 0 Å². The third kappa shape index (κ3) is 1.35. The molecule has 0 aliphatic heterocycles. The summed E-state index contributed by atoms with van der Waals surface area (Å²) in [7, 11) is 3.75. The van der Waals surface area contributed by atoms with Crippen LogP contribution in [0.25, 0.3) is 0 Å². The summed E-state index contributed by atoms with van der Waals surface area (Å²) in [6.07, 6.45) is 2.11. The Morgan fingerprint density at radius 3 is 3.00 bits per heavy atom. The standard InChI is InChI=1S/C10H12BNO/c1-13-12-10-6-5-7-8(10)3-2-4-9(7)11/h2-4H,5-6,11H2,1H3/b12-10+. The highest BCUT2D eigenvalue weighted by Gasteiger charge is 2.18. The lowest BCUT2D eigenvalue weighted by Crippen LogP contribution is -2.09. The van der Waals surface area contributed by atoms with E-state index in [1.54, 1.807) is 7.11 Å².